The first kappa shape index (κ1) is 18.9. The van der Waals surface area contributed by atoms with Crippen LogP contribution in [0.1, 0.15) is 33.4 Å². The van der Waals surface area contributed by atoms with Gasteiger partial charge < -0.3 is 9.47 Å². The highest BCUT2D eigenvalue weighted by atomic mass is 16.5. The molecular weight excluding hydrogens is 464 g/mol. The molecule has 11 rings (SSSR count). The predicted octanol–water partition coefficient (Wildman–Crippen LogP) is 8.10. The molecule has 5 aliphatic rings. The van der Waals surface area contributed by atoms with Crippen molar-refractivity contribution in [1.29, 1.82) is 0 Å². The van der Waals surface area contributed by atoms with Crippen molar-refractivity contribution in [2.45, 2.75) is 11.2 Å². The number of hydrogen-bond donors (Lipinski definition) is 0. The highest BCUT2D eigenvalue weighted by molar-refractivity contribution is 6.16. The molecule has 176 valence electrons. The van der Waals surface area contributed by atoms with Crippen LogP contribution >= 0.6 is 0 Å². The molecule has 0 fully saturated rings. The first-order valence-electron chi connectivity index (χ1n) is 13.4. The second kappa shape index (κ2) is 5.47. The van der Waals surface area contributed by atoms with Gasteiger partial charge in [-0.15, -0.1) is 0 Å². The first-order chi connectivity index (χ1) is 18.8. The van der Waals surface area contributed by atoms with E-state index in [0.29, 0.717) is 0 Å². The molecule has 6 aromatic rings. The lowest BCUT2D eigenvalue weighted by atomic mass is 9.58. The van der Waals surface area contributed by atoms with Gasteiger partial charge in [0, 0.05) is 47.6 Å². The number of methoxy groups -OCH3 is 2. The van der Waals surface area contributed by atoms with E-state index in [2.05, 4.69) is 84.9 Å². The maximum Gasteiger partial charge on any atom is 0.146 e. The van der Waals surface area contributed by atoms with E-state index in [1.54, 1.807) is 0 Å². The summed E-state index contributed by atoms with van der Waals surface area (Å²) in [5, 5.41) is 5.18. The lowest BCUT2D eigenvalue weighted by Crippen LogP contribution is -2.46. The van der Waals surface area contributed by atoms with Gasteiger partial charge in [0.15, 0.2) is 0 Å². The number of benzene rings is 6. The van der Waals surface area contributed by atoms with Gasteiger partial charge in [-0.25, -0.2) is 0 Å². The summed E-state index contributed by atoms with van der Waals surface area (Å²) in [5.74, 6) is 0. The Morgan fingerprint density at radius 1 is 0.368 bits per heavy atom. The average Bonchev–Trinajstić information content (AvgIpc) is 3.45. The Morgan fingerprint density at radius 2 is 0.711 bits per heavy atom. The smallest absolute Gasteiger partial charge is 0.146 e. The van der Waals surface area contributed by atoms with Crippen LogP contribution in [0.15, 0.2) is 84.9 Å². The van der Waals surface area contributed by atoms with Gasteiger partial charge in [-0.05, 0) is 66.1 Å². The van der Waals surface area contributed by atoms with Gasteiger partial charge in [-0.3, -0.25) is 0 Å². The molecule has 0 spiro atoms. The van der Waals surface area contributed by atoms with E-state index in [1.165, 1.54) is 99.4 Å². The molecular formula is C36H20O2. The van der Waals surface area contributed by atoms with E-state index in [1.807, 2.05) is 14.2 Å². The van der Waals surface area contributed by atoms with E-state index in [-0.39, 0.29) is 0 Å². The fraction of sp³-hybridized carbons (Fsp3) is 0.111. The quantitative estimate of drug-likeness (QED) is 0.247. The molecule has 0 heterocycles. The van der Waals surface area contributed by atoms with Crippen LogP contribution in [0.2, 0.25) is 0 Å². The van der Waals surface area contributed by atoms with Crippen molar-refractivity contribution in [3.63, 3.8) is 0 Å². The molecule has 5 aliphatic carbocycles. The fourth-order valence-corrected chi connectivity index (χ4v) is 9.32. The molecule has 0 unspecified atom stereocenters. The van der Waals surface area contributed by atoms with Crippen LogP contribution in [0.4, 0.5) is 0 Å². The zero-order chi connectivity index (χ0) is 24.7. The average molecular weight is 485 g/mol. The van der Waals surface area contributed by atoms with Gasteiger partial charge >= 0.3 is 0 Å². The molecule has 0 saturated carbocycles. The van der Waals surface area contributed by atoms with Crippen LogP contribution < -0.4 is 0 Å². The fourth-order valence-electron chi connectivity index (χ4n) is 9.32. The normalized spacial score (nSPS) is 22.4. The Balaban J connectivity index is 1.54. The molecule has 2 heteroatoms. The van der Waals surface area contributed by atoms with Gasteiger partial charge in [0.05, 0.1) is 0 Å². The van der Waals surface area contributed by atoms with Crippen molar-refractivity contribution in [2.75, 3.05) is 14.2 Å². The molecule has 0 radical (unpaired) electrons. The molecule has 6 aromatic carbocycles. The third-order valence-electron chi connectivity index (χ3n) is 10.4. The molecule has 2 atom stereocenters. The van der Waals surface area contributed by atoms with Crippen molar-refractivity contribution < 1.29 is 9.47 Å². The van der Waals surface area contributed by atoms with E-state index in [9.17, 15) is 0 Å². The van der Waals surface area contributed by atoms with Crippen molar-refractivity contribution in [3.05, 3.63) is 118 Å². The molecule has 0 aliphatic heterocycles. The minimum atomic E-state index is -0.667. The first-order valence-corrected chi connectivity index (χ1v) is 13.4. The van der Waals surface area contributed by atoms with E-state index >= 15 is 0 Å². The summed E-state index contributed by atoms with van der Waals surface area (Å²) in [5.41, 5.74) is 16.6. The van der Waals surface area contributed by atoms with Gasteiger partial charge in [-0.1, -0.05) is 84.9 Å². The summed E-state index contributed by atoms with van der Waals surface area (Å²) in [6.07, 6.45) is 0. The summed E-state index contributed by atoms with van der Waals surface area (Å²) in [4.78, 5) is 0. The Morgan fingerprint density at radius 3 is 1.11 bits per heavy atom. The zero-order valence-electron chi connectivity index (χ0n) is 20.9. The number of hydrogen-bond acceptors (Lipinski definition) is 2. The van der Waals surface area contributed by atoms with Gasteiger partial charge in [0.1, 0.15) is 11.2 Å². The van der Waals surface area contributed by atoms with Crippen LogP contribution in [0.3, 0.4) is 0 Å². The summed E-state index contributed by atoms with van der Waals surface area (Å²) < 4.78 is 13.8. The number of rotatable bonds is 2. The predicted molar refractivity (Wildman–Crippen MR) is 151 cm³/mol. The van der Waals surface area contributed by atoms with Crippen LogP contribution in [0.25, 0.3) is 66.1 Å². The molecule has 2 nitrogen and oxygen atoms in total. The van der Waals surface area contributed by atoms with Crippen molar-refractivity contribution >= 4 is 21.5 Å². The largest absolute Gasteiger partial charge is 0.364 e. The second-order valence-corrected chi connectivity index (χ2v) is 11.4. The summed E-state index contributed by atoms with van der Waals surface area (Å²) in [6.45, 7) is 0. The summed E-state index contributed by atoms with van der Waals surface area (Å²) >= 11 is 0. The topological polar surface area (TPSA) is 18.5 Å². The Bertz CT molecular complexity index is 2060. The molecule has 0 aromatic heterocycles. The van der Waals surface area contributed by atoms with E-state index in [0.717, 1.165) is 0 Å². The van der Waals surface area contributed by atoms with Gasteiger partial charge in [-0.2, -0.15) is 0 Å². The zero-order valence-corrected chi connectivity index (χ0v) is 20.9. The van der Waals surface area contributed by atoms with Crippen molar-refractivity contribution in [3.8, 4) is 44.5 Å². The Hall–Kier alpha value is -4.24. The molecule has 0 saturated heterocycles. The Labute approximate surface area is 219 Å². The molecule has 0 amide bonds. The minimum absolute atomic E-state index is 0.667. The molecule has 0 N–H and O–H groups in total. The molecule has 38 heavy (non-hydrogen) atoms. The Kier molecular flexibility index (Phi) is 2.72. The minimum Gasteiger partial charge on any atom is -0.364 e. The van der Waals surface area contributed by atoms with Gasteiger partial charge in [0.2, 0.25) is 0 Å². The van der Waals surface area contributed by atoms with Crippen LogP contribution in [-0.2, 0) is 20.7 Å². The summed E-state index contributed by atoms with van der Waals surface area (Å²) in [7, 11) is 3.82. The third kappa shape index (κ3) is 1.50. The third-order valence-corrected chi connectivity index (χ3v) is 10.4. The molecule has 0 bridgehead atoms. The highest BCUT2D eigenvalue weighted by Crippen LogP contribution is 2.73. The standard InChI is InChI=1S/C36H20O2/c1-37-35-29-23-11-9-17-5-3-7-19(27(17)29)21-13-14-22-20-8-4-6-18-10-12-24-26-16-15-25(23)33(35)34(26)36(38-2,30(24)28(18)20)32(22)31(21)35/h3-16H,1-2H3/t35-,36+. The number of fused-ring (bicyclic) bond motifs is 4. The lowest BCUT2D eigenvalue weighted by molar-refractivity contribution is 0.0229. The van der Waals surface area contributed by atoms with Crippen molar-refractivity contribution in [1.82, 2.24) is 0 Å². The van der Waals surface area contributed by atoms with Crippen LogP contribution in [-0.4, -0.2) is 14.2 Å². The second-order valence-electron chi connectivity index (χ2n) is 11.4. The van der Waals surface area contributed by atoms with Gasteiger partial charge in [0.25, 0.3) is 0 Å². The lowest BCUT2D eigenvalue weighted by Gasteiger charge is -2.50. The highest BCUT2D eigenvalue weighted by Gasteiger charge is 2.65. The maximum atomic E-state index is 6.91. The SMILES string of the molecule is CO[C@]12c3c4ccc5c3[C@]3(OC)c6c(ccc(c61)-c1cccc6ccc-4c2c16)-c1cccc2ccc-5c3c12. The van der Waals surface area contributed by atoms with Crippen molar-refractivity contribution in [2.24, 2.45) is 0 Å². The number of ether oxygens (including phenoxy) is 2. The van der Waals surface area contributed by atoms with E-state index < -0.39 is 11.2 Å². The monoisotopic (exact) mass is 484 g/mol. The van der Waals surface area contributed by atoms with Crippen LogP contribution in [0, 0.1) is 0 Å². The summed E-state index contributed by atoms with van der Waals surface area (Å²) in [6, 6.07) is 32.0. The maximum absolute atomic E-state index is 6.91. The van der Waals surface area contributed by atoms with E-state index in [4.69, 9.17) is 9.47 Å². The van der Waals surface area contributed by atoms with Crippen LogP contribution in [0.5, 0.6) is 0 Å².